The van der Waals surface area contributed by atoms with Gasteiger partial charge in [0.05, 0.1) is 17.8 Å². The topological polar surface area (TPSA) is 34.9 Å². The van der Waals surface area contributed by atoms with Crippen LogP contribution in [0.2, 0.25) is 0 Å². The molecule has 0 amide bonds. The second-order valence-corrected chi connectivity index (χ2v) is 6.59. The normalized spacial score (nSPS) is 12.6. The molecule has 17 heavy (non-hydrogen) atoms. The van der Waals surface area contributed by atoms with Crippen molar-refractivity contribution in [3.05, 3.63) is 51.6 Å². The van der Waals surface area contributed by atoms with Crippen LogP contribution in [0.15, 0.2) is 36.8 Å². The number of halogens is 1. The second kappa shape index (κ2) is 5.77. The van der Waals surface area contributed by atoms with Gasteiger partial charge in [-0.25, -0.2) is 4.98 Å². The van der Waals surface area contributed by atoms with Crippen LogP contribution >= 0.6 is 22.6 Å². The standard InChI is InChI=1S/C12H13IN2OS/c1-15-6-12(14-9-15)8-17(16)7-10-2-4-11(13)5-3-10/h2-6,9H,7-8H2,1H3. The molecule has 0 aliphatic carbocycles. The molecule has 2 rings (SSSR count). The van der Waals surface area contributed by atoms with Gasteiger partial charge >= 0.3 is 0 Å². The van der Waals surface area contributed by atoms with Crippen molar-refractivity contribution in [2.24, 2.45) is 7.05 Å². The van der Waals surface area contributed by atoms with Crippen LogP contribution in [-0.4, -0.2) is 13.8 Å². The highest BCUT2D eigenvalue weighted by Crippen LogP contribution is 2.10. The van der Waals surface area contributed by atoms with Crippen molar-refractivity contribution < 1.29 is 4.21 Å². The van der Waals surface area contributed by atoms with Gasteiger partial charge < -0.3 is 4.57 Å². The quantitative estimate of drug-likeness (QED) is 0.786. The first-order valence-corrected chi connectivity index (χ1v) is 7.76. The molecule has 1 aromatic heterocycles. The fourth-order valence-corrected chi connectivity index (χ4v) is 3.03. The number of nitrogens with zero attached hydrogens (tertiary/aromatic N) is 2. The predicted octanol–water partition coefficient (Wildman–Crippen LogP) is 2.47. The number of rotatable bonds is 4. The van der Waals surface area contributed by atoms with E-state index in [2.05, 4.69) is 27.6 Å². The van der Waals surface area contributed by atoms with Crippen LogP contribution in [0.5, 0.6) is 0 Å². The van der Waals surface area contributed by atoms with Crippen LogP contribution < -0.4 is 0 Å². The van der Waals surface area contributed by atoms with Gasteiger partial charge in [-0.3, -0.25) is 4.21 Å². The van der Waals surface area contributed by atoms with Gasteiger partial charge in [-0.1, -0.05) is 12.1 Å². The minimum absolute atomic E-state index is 0.521. The molecule has 3 nitrogen and oxygen atoms in total. The fraction of sp³-hybridized carbons (Fsp3) is 0.250. The monoisotopic (exact) mass is 360 g/mol. The van der Waals surface area contributed by atoms with Gasteiger partial charge in [-0.15, -0.1) is 0 Å². The Morgan fingerprint density at radius 3 is 2.59 bits per heavy atom. The summed E-state index contributed by atoms with van der Waals surface area (Å²) >= 11 is 2.26. The first kappa shape index (κ1) is 12.8. The number of hydrogen-bond donors (Lipinski definition) is 0. The van der Waals surface area contributed by atoms with E-state index in [4.69, 9.17) is 0 Å². The van der Waals surface area contributed by atoms with Crippen molar-refractivity contribution in [2.75, 3.05) is 0 Å². The highest BCUT2D eigenvalue weighted by molar-refractivity contribution is 14.1. The van der Waals surface area contributed by atoms with Crippen LogP contribution in [0.25, 0.3) is 0 Å². The van der Waals surface area contributed by atoms with E-state index in [1.807, 2.05) is 42.1 Å². The highest BCUT2D eigenvalue weighted by Gasteiger charge is 2.05. The third-order valence-electron chi connectivity index (χ3n) is 2.31. The van der Waals surface area contributed by atoms with E-state index < -0.39 is 10.8 Å². The minimum atomic E-state index is -0.894. The molecular weight excluding hydrogens is 347 g/mol. The number of hydrogen-bond acceptors (Lipinski definition) is 2. The van der Waals surface area contributed by atoms with Crippen molar-refractivity contribution in [3.63, 3.8) is 0 Å². The second-order valence-electron chi connectivity index (χ2n) is 3.89. The molecule has 90 valence electrons. The first-order valence-electron chi connectivity index (χ1n) is 5.20. The third-order valence-corrected chi connectivity index (χ3v) is 4.30. The SMILES string of the molecule is Cn1cnc(CS(=O)Cc2ccc(I)cc2)c1. The molecule has 0 radical (unpaired) electrons. The van der Waals surface area contributed by atoms with E-state index >= 15 is 0 Å². The molecule has 1 aromatic carbocycles. The van der Waals surface area contributed by atoms with Gasteiger partial charge in [-0.05, 0) is 40.3 Å². The Bertz CT molecular complexity index is 522. The Balaban J connectivity index is 1.95. The Hall–Kier alpha value is -0.690. The summed E-state index contributed by atoms with van der Waals surface area (Å²) in [5.74, 6) is 1.11. The molecule has 0 aliphatic rings. The molecule has 2 aromatic rings. The lowest BCUT2D eigenvalue weighted by molar-refractivity contribution is 0.681. The summed E-state index contributed by atoms with van der Waals surface area (Å²) in [5.41, 5.74) is 2.00. The van der Waals surface area contributed by atoms with Gasteiger partial charge in [-0.2, -0.15) is 0 Å². The van der Waals surface area contributed by atoms with Gasteiger partial charge in [0.15, 0.2) is 0 Å². The number of aryl methyl sites for hydroxylation is 1. The summed E-state index contributed by atoms with van der Waals surface area (Å²) in [6, 6.07) is 8.12. The van der Waals surface area contributed by atoms with Crippen LogP contribution in [0.3, 0.4) is 0 Å². The van der Waals surface area contributed by atoms with E-state index in [1.54, 1.807) is 6.33 Å². The van der Waals surface area contributed by atoms with Crippen LogP contribution in [0.4, 0.5) is 0 Å². The van der Waals surface area contributed by atoms with Crippen LogP contribution in [0.1, 0.15) is 11.3 Å². The van der Waals surface area contributed by atoms with Crippen molar-refractivity contribution in [1.82, 2.24) is 9.55 Å². The van der Waals surface area contributed by atoms with Crippen molar-refractivity contribution in [3.8, 4) is 0 Å². The highest BCUT2D eigenvalue weighted by atomic mass is 127. The average molecular weight is 360 g/mol. The molecule has 0 saturated carbocycles. The first-order chi connectivity index (χ1) is 8.13. The molecule has 0 N–H and O–H groups in total. The molecule has 0 saturated heterocycles. The minimum Gasteiger partial charge on any atom is -0.340 e. The zero-order valence-electron chi connectivity index (χ0n) is 9.47. The number of aromatic nitrogens is 2. The molecule has 1 heterocycles. The molecular formula is C12H13IN2OS. The van der Waals surface area contributed by atoms with E-state index in [1.165, 1.54) is 3.57 Å². The summed E-state index contributed by atoms with van der Waals surface area (Å²) in [6.45, 7) is 0. The summed E-state index contributed by atoms with van der Waals surface area (Å²) in [7, 11) is 1.02. The molecule has 0 bridgehead atoms. The van der Waals surface area contributed by atoms with E-state index in [-0.39, 0.29) is 0 Å². The zero-order valence-corrected chi connectivity index (χ0v) is 12.4. The summed E-state index contributed by atoms with van der Waals surface area (Å²) in [5, 5.41) is 0. The predicted molar refractivity (Wildman–Crippen MR) is 77.9 cm³/mol. The van der Waals surface area contributed by atoms with Crippen LogP contribution in [0, 0.1) is 3.57 Å². The Morgan fingerprint density at radius 1 is 1.29 bits per heavy atom. The fourth-order valence-electron chi connectivity index (χ4n) is 1.52. The Labute approximate surface area is 117 Å². The lowest BCUT2D eigenvalue weighted by atomic mass is 10.2. The molecule has 0 aliphatic heterocycles. The van der Waals surface area contributed by atoms with Crippen LogP contribution in [-0.2, 0) is 29.4 Å². The molecule has 1 unspecified atom stereocenters. The van der Waals surface area contributed by atoms with Crippen molar-refractivity contribution in [1.29, 1.82) is 0 Å². The van der Waals surface area contributed by atoms with E-state index in [0.29, 0.717) is 11.5 Å². The van der Waals surface area contributed by atoms with Gasteiger partial charge in [0.25, 0.3) is 0 Å². The summed E-state index contributed by atoms with van der Waals surface area (Å²) in [6.07, 6.45) is 3.64. The molecule has 1 atom stereocenters. The van der Waals surface area contributed by atoms with Gasteiger partial charge in [0, 0.05) is 33.4 Å². The van der Waals surface area contributed by atoms with E-state index in [9.17, 15) is 4.21 Å². The smallest absolute Gasteiger partial charge is 0.0947 e. The van der Waals surface area contributed by atoms with Gasteiger partial charge in [0.2, 0.25) is 0 Å². The summed E-state index contributed by atoms with van der Waals surface area (Å²) in [4.78, 5) is 4.18. The summed E-state index contributed by atoms with van der Waals surface area (Å²) < 4.78 is 15.0. The number of benzene rings is 1. The maximum Gasteiger partial charge on any atom is 0.0947 e. The maximum atomic E-state index is 11.9. The van der Waals surface area contributed by atoms with Crippen molar-refractivity contribution in [2.45, 2.75) is 11.5 Å². The largest absolute Gasteiger partial charge is 0.340 e. The van der Waals surface area contributed by atoms with E-state index in [0.717, 1.165) is 11.3 Å². The number of imidazole rings is 1. The van der Waals surface area contributed by atoms with Crippen molar-refractivity contribution >= 4 is 33.4 Å². The zero-order chi connectivity index (χ0) is 12.3. The molecule has 0 spiro atoms. The average Bonchev–Trinajstić information content (AvgIpc) is 2.67. The molecule has 5 heteroatoms. The lowest BCUT2D eigenvalue weighted by Crippen LogP contribution is -1.99. The molecule has 0 fully saturated rings. The lowest BCUT2D eigenvalue weighted by Gasteiger charge is -2.01. The Kier molecular flexibility index (Phi) is 4.33. The third kappa shape index (κ3) is 3.92. The Morgan fingerprint density at radius 2 is 2.00 bits per heavy atom. The maximum absolute atomic E-state index is 11.9. The van der Waals surface area contributed by atoms with Gasteiger partial charge in [0.1, 0.15) is 0 Å².